The molecule has 1 heterocycles. The number of halogens is 1. The molecule has 0 aliphatic heterocycles. The van der Waals surface area contributed by atoms with Gasteiger partial charge in [0.15, 0.2) is 0 Å². The van der Waals surface area contributed by atoms with E-state index in [-0.39, 0.29) is 16.7 Å². The summed E-state index contributed by atoms with van der Waals surface area (Å²) in [6, 6.07) is 11.7. The van der Waals surface area contributed by atoms with Crippen molar-refractivity contribution < 1.29 is 5.11 Å². The van der Waals surface area contributed by atoms with Gasteiger partial charge in [-0.15, -0.1) is 0 Å². The number of nitrogens with zero attached hydrogens (tertiary/aromatic N) is 2. The Kier molecular flexibility index (Phi) is 3.65. The highest BCUT2D eigenvalue weighted by Gasteiger charge is 2.23. The molecule has 0 amide bonds. The van der Waals surface area contributed by atoms with Crippen LogP contribution in [0.25, 0.3) is 16.6 Å². The number of aromatic hydroxyl groups is 1. The van der Waals surface area contributed by atoms with E-state index in [0.717, 1.165) is 0 Å². The maximum Gasteiger partial charge on any atom is 0.265 e. The summed E-state index contributed by atoms with van der Waals surface area (Å²) in [5.41, 5.74) is 0.692. The number of hydrogen-bond acceptors (Lipinski definition) is 3. The summed E-state index contributed by atoms with van der Waals surface area (Å²) < 4.78 is 1.61. The molecule has 3 aromatic rings. The molecule has 4 nitrogen and oxygen atoms in total. The molecular formula is C18H17ClN2O2. The fourth-order valence-electron chi connectivity index (χ4n) is 2.51. The summed E-state index contributed by atoms with van der Waals surface area (Å²) in [7, 11) is 0. The van der Waals surface area contributed by atoms with Gasteiger partial charge in [0, 0.05) is 16.5 Å². The largest absolute Gasteiger partial charge is 0.508 e. The van der Waals surface area contributed by atoms with Gasteiger partial charge in [0.1, 0.15) is 11.6 Å². The van der Waals surface area contributed by atoms with E-state index in [2.05, 4.69) is 4.98 Å². The number of benzene rings is 2. The first-order valence-corrected chi connectivity index (χ1v) is 7.67. The van der Waals surface area contributed by atoms with Gasteiger partial charge in [-0.1, -0.05) is 32.4 Å². The Hall–Kier alpha value is -2.33. The third-order valence-corrected chi connectivity index (χ3v) is 3.86. The average Bonchev–Trinajstić information content (AvgIpc) is 2.47. The van der Waals surface area contributed by atoms with Gasteiger partial charge in [0.05, 0.1) is 16.6 Å². The van der Waals surface area contributed by atoms with Crippen molar-refractivity contribution in [3.8, 4) is 11.4 Å². The normalized spacial score (nSPS) is 11.8. The molecule has 23 heavy (non-hydrogen) atoms. The molecule has 0 aliphatic rings. The van der Waals surface area contributed by atoms with Crippen molar-refractivity contribution in [2.24, 2.45) is 0 Å². The highest BCUT2D eigenvalue weighted by Crippen LogP contribution is 2.25. The first kappa shape index (κ1) is 15.6. The Balaban J connectivity index is 2.43. The van der Waals surface area contributed by atoms with Crippen LogP contribution in [0, 0.1) is 0 Å². The fraction of sp³-hybridized carbons (Fsp3) is 0.222. The monoisotopic (exact) mass is 328 g/mol. The minimum Gasteiger partial charge on any atom is -0.508 e. The smallest absolute Gasteiger partial charge is 0.265 e. The standard InChI is InChI=1S/C18H17ClN2O2/c1-18(2,3)17-20-15-10-13(22)8-9-14(15)16(23)21(17)12-6-4-11(19)5-7-12/h4-10,22H,1-3H3. The number of hydrogen-bond donors (Lipinski definition) is 1. The van der Waals surface area contributed by atoms with E-state index < -0.39 is 0 Å². The number of aromatic nitrogens is 2. The molecule has 5 heteroatoms. The number of rotatable bonds is 1. The first-order chi connectivity index (χ1) is 10.8. The summed E-state index contributed by atoms with van der Waals surface area (Å²) in [6.07, 6.45) is 0. The van der Waals surface area contributed by atoms with Crippen LogP contribution in [0.1, 0.15) is 26.6 Å². The van der Waals surface area contributed by atoms with E-state index in [4.69, 9.17) is 11.6 Å². The first-order valence-electron chi connectivity index (χ1n) is 7.29. The maximum absolute atomic E-state index is 13.0. The van der Waals surface area contributed by atoms with E-state index in [1.807, 2.05) is 20.8 Å². The second-order valence-corrected chi connectivity index (χ2v) is 6.94. The van der Waals surface area contributed by atoms with Crippen LogP contribution in [0.5, 0.6) is 5.75 Å². The molecule has 3 rings (SSSR count). The van der Waals surface area contributed by atoms with Gasteiger partial charge in [-0.2, -0.15) is 0 Å². The predicted octanol–water partition coefficient (Wildman–Crippen LogP) is 4.04. The molecule has 2 aromatic carbocycles. The van der Waals surface area contributed by atoms with Crippen molar-refractivity contribution in [1.82, 2.24) is 9.55 Å². The van der Waals surface area contributed by atoms with Crippen LogP contribution < -0.4 is 5.56 Å². The van der Waals surface area contributed by atoms with Crippen molar-refractivity contribution in [3.05, 3.63) is 63.7 Å². The third-order valence-electron chi connectivity index (χ3n) is 3.61. The van der Waals surface area contributed by atoms with Gasteiger partial charge in [-0.25, -0.2) is 4.98 Å². The zero-order valence-corrected chi connectivity index (χ0v) is 13.9. The molecule has 0 saturated heterocycles. The SMILES string of the molecule is CC(C)(C)c1nc2cc(O)ccc2c(=O)n1-c1ccc(Cl)cc1. The molecule has 0 atom stereocenters. The zero-order chi connectivity index (χ0) is 16.8. The molecule has 0 fully saturated rings. The lowest BCUT2D eigenvalue weighted by atomic mass is 9.94. The van der Waals surface area contributed by atoms with Crippen LogP contribution in [-0.2, 0) is 5.41 Å². The Morgan fingerprint density at radius 3 is 2.35 bits per heavy atom. The van der Waals surface area contributed by atoms with Crippen LogP contribution in [0.3, 0.4) is 0 Å². The molecule has 118 valence electrons. The molecular weight excluding hydrogens is 312 g/mol. The van der Waals surface area contributed by atoms with Gasteiger partial charge in [0.2, 0.25) is 0 Å². The van der Waals surface area contributed by atoms with E-state index in [0.29, 0.717) is 27.4 Å². The van der Waals surface area contributed by atoms with E-state index in [1.54, 1.807) is 34.9 Å². The van der Waals surface area contributed by atoms with E-state index in [9.17, 15) is 9.90 Å². The quantitative estimate of drug-likeness (QED) is 0.733. The van der Waals surface area contributed by atoms with Crippen LogP contribution in [0.2, 0.25) is 5.02 Å². The second-order valence-electron chi connectivity index (χ2n) is 6.50. The van der Waals surface area contributed by atoms with Crippen molar-refractivity contribution in [2.75, 3.05) is 0 Å². The summed E-state index contributed by atoms with van der Waals surface area (Å²) in [5, 5.41) is 10.7. The lowest BCUT2D eigenvalue weighted by molar-refractivity contribution is 0.475. The second kappa shape index (κ2) is 5.39. The van der Waals surface area contributed by atoms with Crippen molar-refractivity contribution in [1.29, 1.82) is 0 Å². The van der Waals surface area contributed by atoms with Gasteiger partial charge < -0.3 is 5.11 Å². The summed E-state index contributed by atoms with van der Waals surface area (Å²) in [4.78, 5) is 17.6. The summed E-state index contributed by atoms with van der Waals surface area (Å²) >= 11 is 5.95. The molecule has 0 aliphatic carbocycles. The molecule has 1 N–H and O–H groups in total. The van der Waals surface area contributed by atoms with E-state index >= 15 is 0 Å². The number of phenolic OH excluding ortho intramolecular Hbond substituents is 1. The Morgan fingerprint density at radius 2 is 1.74 bits per heavy atom. The van der Waals surface area contributed by atoms with Crippen molar-refractivity contribution >= 4 is 22.5 Å². The highest BCUT2D eigenvalue weighted by molar-refractivity contribution is 6.30. The molecule has 0 unspecified atom stereocenters. The van der Waals surface area contributed by atoms with Gasteiger partial charge >= 0.3 is 0 Å². The average molecular weight is 329 g/mol. The predicted molar refractivity (Wildman–Crippen MR) is 92.7 cm³/mol. The van der Waals surface area contributed by atoms with E-state index in [1.165, 1.54) is 12.1 Å². The molecule has 0 spiro atoms. The lowest BCUT2D eigenvalue weighted by Gasteiger charge is -2.23. The van der Waals surface area contributed by atoms with Crippen LogP contribution >= 0.6 is 11.6 Å². The Morgan fingerprint density at radius 1 is 1.09 bits per heavy atom. The van der Waals surface area contributed by atoms with Gasteiger partial charge in [0.25, 0.3) is 5.56 Å². The summed E-state index contributed by atoms with van der Waals surface area (Å²) in [5.74, 6) is 0.719. The van der Waals surface area contributed by atoms with Crippen molar-refractivity contribution in [2.45, 2.75) is 26.2 Å². The lowest BCUT2D eigenvalue weighted by Crippen LogP contribution is -2.30. The number of phenols is 1. The fourth-order valence-corrected chi connectivity index (χ4v) is 2.63. The Labute approximate surface area is 139 Å². The van der Waals surface area contributed by atoms with Crippen LogP contribution in [0.15, 0.2) is 47.3 Å². The maximum atomic E-state index is 13.0. The highest BCUT2D eigenvalue weighted by atomic mass is 35.5. The van der Waals surface area contributed by atoms with Crippen molar-refractivity contribution in [3.63, 3.8) is 0 Å². The molecule has 0 saturated carbocycles. The van der Waals surface area contributed by atoms with Gasteiger partial charge in [-0.3, -0.25) is 9.36 Å². The topological polar surface area (TPSA) is 55.1 Å². The minimum atomic E-state index is -0.349. The Bertz CT molecular complexity index is 938. The third kappa shape index (κ3) is 2.82. The molecule has 0 bridgehead atoms. The minimum absolute atomic E-state index is 0.0912. The zero-order valence-electron chi connectivity index (χ0n) is 13.2. The van der Waals surface area contributed by atoms with Crippen LogP contribution in [0.4, 0.5) is 0 Å². The molecule has 1 aromatic heterocycles. The van der Waals surface area contributed by atoms with Crippen LogP contribution in [-0.4, -0.2) is 14.7 Å². The molecule has 0 radical (unpaired) electrons. The summed E-state index contributed by atoms with van der Waals surface area (Å²) in [6.45, 7) is 5.99. The van der Waals surface area contributed by atoms with Gasteiger partial charge in [-0.05, 0) is 36.4 Å². The number of fused-ring (bicyclic) bond motifs is 1.